The molecule has 0 saturated carbocycles. The molecule has 0 aliphatic carbocycles. The Bertz CT molecular complexity index is 756. The summed E-state index contributed by atoms with van der Waals surface area (Å²) in [5.41, 5.74) is 2.98. The number of rotatable bonds is 12. The van der Waals surface area contributed by atoms with Gasteiger partial charge in [-0.15, -0.1) is 0 Å². The van der Waals surface area contributed by atoms with Crippen LogP contribution in [0.4, 0.5) is 0 Å². The van der Waals surface area contributed by atoms with Crippen molar-refractivity contribution in [2.45, 2.75) is 57.6 Å². The molecule has 5 heteroatoms. The monoisotopic (exact) mass is 397 g/mol. The van der Waals surface area contributed by atoms with Crippen LogP contribution in [-0.4, -0.2) is 40.7 Å². The third-order valence-electron chi connectivity index (χ3n) is 5.01. The van der Waals surface area contributed by atoms with Gasteiger partial charge in [-0.05, 0) is 55.9 Å². The molecule has 0 aromatic heterocycles. The third kappa shape index (κ3) is 7.80. The Kier molecular flexibility index (Phi) is 9.54. The lowest BCUT2D eigenvalue weighted by atomic mass is 10.0. The van der Waals surface area contributed by atoms with Gasteiger partial charge in [0.1, 0.15) is 12.6 Å². The van der Waals surface area contributed by atoms with Crippen LogP contribution in [0.15, 0.2) is 54.6 Å². The lowest BCUT2D eigenvalue weighted by molar-refractivity contribution is -0.125. The van der Waals surface area contributed by atoms with E-state index in [1.54, 1.807) is 12.1 Å². The second kappa shape index (κ2) is 12.1. The average Bonchev–Trinajstić information content (AvgIpc) is 2.74. The molecule has 156 valence electrons. The molecule has 0 radical (unpaired) electrons. The van der Waals surface area contributed by atoms with Crippen LogP contribution in [0.2, 0.25) is 0 Å². The quantitative estimate of drug-likeness (QED) is 0.481. The molecule has 3 N–H and O–H groups in total. The van der Waals surface area contributed by atoms with Crippen molar-refractivity contribution < 1.29 is 19.8 Å². The van der Waals surface area contributed by atoms with E-state index in [0.29, 0.717) is 5.56 Å². The van der Waals surface area contributed by atoms with Crippen molar-refractivity contribution in [1.82, 2.24) is 5.32 Å². The van der Waals surface area contributed by atoms with Crippen molar-refractivity contribution in [3.63, 3.8) is 0 Å². The smallest absolute Gasteiger partial charge is 0.251 e. The Labute approximate surface area is 172 Å². The number of aliphatic hydroxyl groups is 2. The van der Waals surface area contributed by atoms with Crippen LogP contribution in [0.1, 0.15) is 54.1 Å². The number of amides is 1. The summed E-state index contributed by atoms with van der Waals surface area (Å²) >= 11 is 0. The number of hydrogen-bond acceptors (Lipinski definition) is 4. The van der Waals surface area contributed by atoms with Gasteiger partial charge in [-0.2, -0.15) is 0 Å². The van der Waals surface area contributed by atoms with E-state index in [9.17, 15) is 14.7 Å². The molecular weight excluding hydrogens is 366 g/mol. The third-order valence-corrected chi connectivity index (χ3v) is 5.01. The second-order valence-corrected chi connectivity index (χ2v) is 7.41. The number of Topliss-reactive ketones (excluding diaryl/α,β-unsaturated/α-hetero) is 1. The van der Waals surface area contributed by atoms with Crippen molar-refractivity contribution >= 4 is 11.7 Å². The predicted molar refractivity (Wildman–Crippen MR) is 114 cm³/mol. The zero-order chi connectivity index (χ0) is 21.1. The largest absolute Gasteiger partial charge is 0.391 e. The molecule has 0 fully saturated rings. The summed E-state index contributed by atoms with van der Waals surface area (Å²) in [4.78, 5) is 23.9. The molecular formula is C24H31NO4. The molecule has 5 nitrogen and oxygen atoms in total. The molecule has 2 rings (SSSR count). The Balaban J connectivity index is 1.72. The van der Waals surface area contributed by atoms with Crippen LogP contribution in [0.3, 0.4) is 0 Å². The van der Waals surface area contributed by atoms with E-state index in [1.165, 1.54) is 37.3 Å². The summed E-state index contributed by atoms with van der Waals surface area (Å²) in [6, 6.07) is 16.7. The number of benzene rings is 2. The fraction of sp³-hybridized carbons (Fsp3) is 0.417. The van der Waals surface area contributed by atoms with Crippen LogP contribution < -0.4 is 5.32 Å². The van der Waals surface area contributed by atoms with E-state index >= 15 is 0 Å². The van der Waals surface area contributed by atoms with Crippen molar-refractivity contribution in [1.29, 1.82) is 0 Å². The van der Waals surface area contributed by atoms with E-state index in [0.717, 1.165) is 19.3 Å². The van der Waals surface area contributed by atoms with Gasteiger partial charge in [0, 0.05) is 5.56 Å². The zero-order valence-corrected chi connectivity index (χ0v) is 17.0. The first-order valence-electron chi connectivity index (χ1n) is 10.3. The van der Waals surface area contributed by atoms with Crippen molar-refractivity contribution in [3.8, 4) is 0 Å². The van der Waals surface area contributed by atoms with Gasteiger partial charge in [0.05, 0.1) is 6.10 Å². The molecule has 0 aliphatic heterocycles. The first-order chi connectivity index (χ1) is 14.0. The van der Waals surface area contributed by atoms with Gasteiger partial charge in [-0.25, -0.2) is 0 Å². The van der Waals surface area contributed by atoms with Crippen LogP contribution in [0.5, 0.6) is 0 Å². The summed E-state index contributed by atoms with van der Waals surface area (Å²) < 4.78 is 0. The molecule has 0 spiro atoms. The Morgan fingerprint density at radius 3 is 1.93 bits per heavy atom. The van der Waals surface area contributed by atoms with Crippen molar-refractivity contribution in [3.05, 3.63) is 71.3 Å². The molecule has 0 aliphatic rings. The van der Waals surface area contributed by atoms with Crippen molar-refractivity contribution in [2.75, 3.05) is 6.61 Å². The normalized spacial score (nSPS) is 12.9. The maximum Gasteiger partial charge on any atom is 0.251 e. The molecule has 0 heterocycles. The molecule has 2 aromatic carbocycles. The number of carbonyl (C=O) groups excluding carboxylic acids is 2. The van der Waals surface area contributed by atoms with Gasteiger partial charge in [0.2, 0.25) is 0 Å². The van der Waals surface area contributed by atoms with Gasteiger partial charge in [-0.3, -0.25) is 9.59 Å². The molecule has 0 bridgehead atoms. The minimum Gasteiger partial charge on any atom is -0.391 e. The van der Waals surface area contributed by atoms with Crippen LogP contribution in [0.25, 0.3) is 0 Å². The molecule has 2 aromatic rings. The summed E-state index contributed by atoms with van der Waals surface area (Å²) in [6.07, 6.45) is 5.70. The molecule has 1 amide bonds. The predicted octanol–water partition coefficient (Wildman–Crippen LogP) is 3.07. The van der Waals surface area contributed by atoms with Gasteiger partial charge in [0.25, 0.3) is 5.91 Å². The summed E-state index contributed by atoms with van der Waals surface area (Å²) in [7, 11) is 0. The first-order valence-corrected chi connectivity index (χ1v) is 10.3. The maximum atomic E-state index is 12.3. The fourth-order valence-electron chi connectivity index (χ4n) is 3.27. The van der Waals surface area contributed by atoms with E-state index < -0.39 is 30.4 Å². The van der Waals surface area contributed by atoms with E-state index in [2.05, 4.69) is 29.6 Å². The Hall–Kier alpha value is -2.50. The average molecular weight is 398 g/mol. The highest BCUT2D eigenvalue weighted by atomic mass is 16.3. The van der Waals surface area contributed by atoms with Crippen LogP contribution >= 0.6 is 0 Å². The summed E-state index contributed by atoms with van der Waals surface area (Å²) in [5.74, 6) is -1.05. The van der Waals surface area contributed by atoms with Crippen molar-refractivity contribution in [2.24, 2.45) is 0 Å². The maximum absolute atomic E-state index is 12.3. The number of aryl methyl sites for hydroxylation is 2. The van der Waals surface area contributed by atoms with E-state index in [4.69, 9.17) is 5.11 Å². The minimum absolute atomic E-state index is 0.424. The Morgan fingerprint density at radius 1 is 0.862 bits per heavy atom. The van der Waals surface area contributed by atoms with E-state index in [-0.39, 0.29) is 0 Å². The summed E-state index contributed by atoms with van der Waals surface area (Å²) in [6.45, 7) is 0.682. The highest BCUT2D eigenvalue weighted by Gasteiger charge is 2.25. The van der Waals surface area contributed by atoms with Gasteiger partial charge in [-0.1, -0.05) is 55.3 Å². The Morgan fingerprint density at radius 2 is 1.41 bits per heavy atom. The van der Waals surface area contributed by atoms with Gasteiger partial charge < -0.3 is 15.5 Å². The van der Waals surface area contributed by atoms with E-state index in [1.807, 2.05) is 18.2 Å². The van der Waals surface area contributed by atoms with Gasteiger partial charge >= 0.3 is 0 Å². The minimum atomic E-state index is -1.11. The topological polar surface area (TPSA) is 86.6 Å². The SMILES string of the molecule is C[C@@H](O)[C@H](NC(=O)c1ccc(CCCCCCc2ccccc2)cc1)C(=O)CO. The number of aliphatic hydroxyl groups excluding tert-OH is 2. The molecule has 0 unspecified atom stereocenters. The number of hydrogen-bond donors (Lipinski definition) is 3. The highest BCUT2D eigenvalue weighted by Crippen LogP contribution is 2.12. The summed E-state index contributed by atoms with van der Waals surface area (Å²) in [5, 5.41) is 21.1. The van der Waals surface area contributed by atoms with Crippen LogP contribution in [-0.2, 0) is 17.6 Å². The number of ketones is 1. The van der Waals surface area contributed by atoms with Crippen LogP contribution in [0, 0.1) is 0 Å². The fourth-order valence-corrected chi connectivity index (χ4v) is 3.27. The zero-order valence-electron chi connectivity index (χ0n) is 17.0. The number of carbonyl (C=O) groups is 2. The highest BCUT2D eigenvalue weighted by molar-refractivity contribution is 5.98. The lowest BCUT2D eigenvalue weighted by Crippen LogP contribution is -2.48. The molecule has 0 saturated heterocycles. The molecule has 29 heavy (non-hydrogen) atoms. The second-order valence-electron chi connectivity index (χ2n) is 7.41. The standard InChI is InChI=1S/C24H31NO4/c1-18(27)23(22(28)17-26)25-24(29)21-15-13-20(14-16-21)12-6-3-2-5-9-19-10-7-4-8-11-19/h4,7-8,10-11,13-16,18,23,26-27H,2-3,5-6,9,12,17H2,1H3,(H,25,29)/t18-,23+/m1/s1. The number of nitrogens with one attached hydrogen (secondary N) is 1. The van der Waals surface area contributed by atoms with Gasteiger partial charge in [0.15, 0.2) is 5.78 Å². The first kappa shape index (κ1) is 22.8. The number of unbranched alkanes of at least 4 members (excludes halogenated alkanes) is 3. The lowest BCUT2D eigenvalue weighted by Gasteiger charge is -2.19. The molecule has 2 atom stereocenters.